The van der Waals surface area contributed by atoms with Gasteiger partial charge in [-0.15, -0.1) is 0 Å². The van der Waals surface area contributed by atoms with Crippen molar-refractivity contribution in [3.05, 3.63) is 11.6 Å². The molecule has 96 valence electrons. The second kappa shape index (κ2) is 9.89. The summed E-state index contributed by atoms with van der Waals surface area (Å²) in [7, 11) is 0. The second-order valence-corrected chi connectivity index (χ2v) is 4.85. The van der Waals surface area contributed by atoms with Gasteiger partial charge in [-0.25, -0.2) is 0 Å². The van der Waals surface area contributed by atoms with Crippen molar-refractivity contribution in [3.63, 3.8) is 0 Å². The molecule has 0 aromatic rings. The van der Waals surface area contributed by atoms with E-state index in [1.807, 2.05) is 0 Å². The van der Waals surface area contributed by atoms with Crippen LogP contribution in [0.4, 0.5) is 0 Å². The van der Waals surface area contributed by atoms with Crippen LogP contribution in [0.1, 0.15) is 66.7 Å². The highest BCUT2D eigenvalue weighted by molar-refractivity contribution is 5.02. The van der Waals surface area contributed by atoms with E-state index in [-0.39, 0.29) is 0 Å². The average Bonchev–Trinajstić information content (AvgIpc) is 2.27. The number of hydrogen-bond acceptors (Lipinski definition) is 1. The van der Waals surface area contributed by atoms with Crippen molar-refractivity contribution in [2.75, 3.05) is 13.1 Å². The summed E-state index contributed by atoms with van der Waals surface area (Å²) in [5.41, 5.74) is 1.52. The zero-order valence-corrected chi connectivity index (χ0v) is 12.1. The summed E-state index contributed by atoms with van der Waals surface area (Å²) in [5, 5.41) is 0. The van der Waals surface area contributed by atoms with Crippen LogP contribution in [0.25, 0.3) is 0 Å². The first-order valence-corrected chi connectivity index (χ1v) is 7.06. The van der Waals surface area contributed by atoms with Gasteiger partial charge < -0.3 is 0 Å². The highest BCUT2D eigenvalue weighted by atomic mass is 15.1. The lowest BCUT2D eigenvalue weighted by molar-refractivity contribution is 0.235. The predicted molar refractivity (Wildman–Crippen MR) is 74.9 cm³/mol. The average molecular weight is 225 g/mol. The lowest BCUT2D eigenvalue weighted by Gasteiger charge is -2.27. The van der Waals surface area contributed by atoms with Crippen molar-refractivity contribution in [1.82, 2.24) is 4.90 Å². The zero-order chi connectivity index (χ0) is 12.4. The first-order valence-electron chi connectivity index (χ1n) is 7.06. The third-order valence-electron chi connectivity index (χ3n) is 3.22. The van der Waals surface area contributed by atoms with Crippen LogP contribution in [-0.2, 0) is 0 Å². The van der Waals surface area contributed by atoms with E-state index >= 15 is 0 Å². The van der Waals surface area contributed by atoms with Crippen LogP contribution in [0.15, 0.2) is 11.6 Å². The van der Waals surface area contributed by atoms with Crippen LogP contribution in [0.2, 0.25) is 0 Å². The SMILES string of the molecule is CCCCCN(CCC)[C@@H](C)/C=C(\C)CC. The molecule has 0 aliphatic rings. The monoisotopic (exact) mass is 225 g/mol. The molecule has 0 aromatic carbocycles. The zero-order valence-electron chi connectivity index (χ0n) is 12.1. The fourth-order valence-electron chi connectivity index (χ4n) is 2.01. The van der Waals surface area contributed by atoms with Crippen LogP contribution < -0.4 is 0 Å². The Bertz CT molecular complexity index is 184. The maximum Gasteiger partial charge on any atom is 0.0252 e. The van der Waals surface area contributed by atoms with E-state index in [1.165, 1.54) is 50.8 Å². The third-order valence-corrected chi connectivity index (χ3v) is 3.22. The topological polar surface area (TPSA) is 3.24 Å². The molecule has 0 aliphatic carbocycles. The van der Waals surface area contributed by atoms with E-state index in [4.69, 9.17) is 0 Å². The smallest absolute Gasteiger partial charge is 0.0252 e. The molecule has 0 N–H and O–H groups in total. The summed E-state index contributed by atoms with van der Waals surface area (Å²) in [6.07, 6.45) is 8.90. The van der Waals surface area contributed by atoms with Gasteiger partial charge in [0.25, 0.3) is 0 Å². The minimum absolute atomic E-state index is 0.608. The van der Waals surface area contributed by atoms with Gasteiger partial charge in [0.05, 0.1) is 0 Å². The van der Waals surface area contributed by atoms with E-state index < -0.39 is 0 Å². The Hall–Kier alpha value is -0.300. The number of unbranched alkanes of at least 4 members (excludes halogenated alkanes) is 2. The molecule has 0 aliphatic heterocycles. The van der Waals surface area contributed by atoms with Crippen molar-refractivity contribution in [1.29, 1.82) is 0 Å². The van der Waals surface area contributed by atoms with Crippen molar-refractivity contribution in [3.8, 4) is 0 Å². The molecular formula is C15H31N. The van der Waals surface area contributed by atoms with Gasteiger partial charge in [-0.05, 0) is 46.2 Å². The van der Waals surface area contributed by atoms with E-state index in [2.05, 4.69) is 45.6 Å². The van der Waals surface area contributed by atoms with Gasteiger partial charge in [0.2, 0.25) is 0 Å². The fraction of sp³-hybridized carbons (Fsp3) is 0.867. The fourth-order valence-corrected chi connectivity index (χ4v) is 2.01. The Balaban J connectivity index is 4.16. The molecule has 0 saturated carbocycles. The molecule has 0 radical (unpaired) electrons. The minimum Gasteiger partial charge on any atom is -0.297 e. The Morgan fingerprint density at radius 1 is 1.06 bits per heavy atom. The van der Waals surface area contributed by atoms with Crippen molar-refractivity contribution < 1.29 is 0 Å². The molecule has 0 amide bonds. The van der Waals surface area contributed by atoms with Crippen LogP contribution in [-0.4, -0.2) is 24.0 Å². The molecule has 0 rings (SSSR count). The summed E-state index contributed by atoms with van der Waals surface area (Å²) in [4.78, 5) is 2.62. The summed E-state index contributed by atoms with van der Waals surface area (Å²) < 4.78 is 0. The second-order valence-electron chi connectivity index (χ2n) is 4.85. The molecule has 0 unspecified atom stereocenters. The summed E-state index contributed by atoms with van der Waals surface area (Å²) in [5.74, 6) is 0. The van der Waals surface area contributed by atoms with Gasteiger partial charge in [0, 0.05) is 6.04 Å². The molecule has 16 heavy (non-hydrogen) atoms. The lowest BCUT2D eigenvalue weighted by atomic mass is 10.1. The molecule has 1 atom stereocenters. The molecule has 0 bridgehead atoms. The summed E-state index contributed by atoms with van der Waals surface area (Å²) in [6.45, 7) is 13.9. The van der Waals surface area contributed by atoms with E-state index in [1.54, 1.807) is 0 Å². The number of allylic oxidation sites excluding steroid dienone is 1. The standard InChI is InChI=1S/C15H31N/c1-6-9-10-12-16(11-7-2)15(5)13-14(4)8-3/h13,15H,6-12H2,1-5H3/b14-13+/t15-/m0/s1. The van der Waals surface area contributed by atoms with Crippen molar-refractivity contribution in [2.45, 2.75) is 72.8 Å². The Morgan fingerprint density at radius 2 is 1.75 bits per heavy atom. The Kier molecular flexibility index (Phi) is 9.71. The molecule has 0 saturated heterocycles. The molecule has 1 nitrogen and oxygen atoms in total. The predicted octanol–water partition coefficient (Wildman–Crippen LogP) is 4.63. The first kappa shape index (κ1) is 15.7. The number of rotatable bonds is 9. The van der Waals surface area contributed by atoms with Crippen LogP contribution >= 0.6 is 0 Å². The van der Waals surface area contributed by atoms with Crippen LogP contribution in [0.3, 0.4) is 0 Å². The van der Waals surface area contributed by atoms with Gasteiger partial charge in [-0.3, -0.25) is 4.90 Å². The third kappa shape index (κ3) is 7.05. The molecule has 0 aromatic heterocycles. The van der Waals surface area contributed by atoms with Crippen molar-refractivity contribution >= 4 is 0 Å². The summed E-state index contributed by atoms with van der Waals surface area (Å²) in [6, 6.07) is 0.608. The molecule has 0 heterocycles. The van der Waals surface area contributed by atoms with Gasteiger partial charge in [-0.2, -0.15) is 0 Å². The maximum absolute atomic E-state index is 2.62. The summed E-state index contributed by atoms with van der Waals surface area (Å²) >= 11 is 0. The molecule has 1 heteroatoms. The van der Waals surface area contributed by atoms with E-state index in [0.717, 1.165) is 0 Å². The van der Waals surface area contributed by atoms with Gasteiger partial charge in [0.15, 0.2) is 0 Å². The van der Waals surface area contributed by atoms with Gasteiger partial charge in [0.1, 0.15) is 0 Å². The van der Waals surface area contributed by atoms with Gasteiger partial charge >= 0.3 is 0 Å². The van der Waals surface area contributed by atoms with Crippen molar-refractivity contribution in [2.24, 2.45) is 0 Å². The Morgan fingerprint density at radius 3 is 2.25 bits per heavy atom. The largest absolute Gasteiger partial charge is 0.297 e. The maximum atomic E-state index is 2.62. The minimum atomic E-state index is 0.608. The quantitative estimate of drug-likeness (QED) is 0.408. The van der Waals surface area contributed by atoms with E-state index in [0.29, 0.717) is 6.04 Å². The van der Waals surface area contributed by atoms with Crippen LogP contribution in [0, 0.1) is 0 Å². The van der Waals surface area contributed by atoms with E-state index in [9.17, 15) is 0 Å². The lowest BCUT2D eigenvalue weighted by Crippen LogP contribution is -2.33. The molecule has 0 spiro atoms. The highest BCUT2D eigenvalue weighted by Crippen LogP contribution is 2.09. The van der Waals surface area contributed by atoms with Crippen LogP contribution in [0.5, 0.6) is 0 Å². The normalized spacial score (nSPS) is 14.5. The molecule has 0 fully saturated rings. The Labute approximate surface area is 103 Å². The highest BCUT2D eigenvalue weighted by Gasteiger charge is 2.09. The molecular weight excluding hydrogens is 194 g/mol. The first-order chi connectivity index (χ1) is 7.65. The number of hydrogen-bond donors (Lipinski definition) is 0. The van der Waals surface area contributed by atoms with Gasteiger partial charge in [-0.1, -0.05) is 45.3 Å². The number of nitrogens with zero attached hydrogens (tertiary/aromatic N) is 1.